The summed E-state index contributed by atoms with van der Waals surface area (Å²) in [7, 11) is -3.60. The molecule has 0 aromatic heterocycles. The predicted octanol–water partition coefficient (Wildman–Crippen LogP) is 2.13. The number of ether oxygens (including phenoxy) is 2. The SMILES string of the molecule is CCCN(C1CCNCC1)S(=O)(=O)c1ccc2c(c1)CC(C(=O)OCC)O2.Cl. The van der Waals surface area contributed by atoms with Crippen LogP contribution in [0.3, 0.4) is 0 Å². The molecule has 1 N–H and O–H groups in total. The lowest BCUT2D eigenvalue weighted by Gasteiger charge is -2.33. The minimum absolute atomic E-state index is 0. The van der Waals surface area contributed by atoms with E-state index in [-0.39, 0.29) is 30.0 Å². The van der Waals surface area contributed by atoms with Crippen LogP contribution in [0.4, 0.5) is 0 Å². The molecular weight excluding hydrogens is 404 g/mol. The van der Waals surface area contributed by atoms with Gasteiger partial charge < -0.3 is 14.8 Å². The first-order valence-electron chi connectivity index (χ1n) is 9.66. The number of piperidine rings is 1. The van der Waals surface area contributed by atoms with Gasteiger partial charge in [-0.1, -0.05) is 6.92 Å². The van der Waals surface area contributed by atoms with E-state index in [0.29, 0.717) is 18.7 Å². The molecule has 1 aromatic carbocycles. The van der Waals surface area contributed by atoms with Gasteiger partial charge in [0.25, 0.3) is 0 Å². The lowest BCUT2D eigenvalue weighted by Crippen LogP contribution is -2.46. The molecule has 1 fully saturated rings. The molecule has 2 heterocycles. The van der Waals surface area contributed by atoms with Crippen molar-refractivity contribution in [2.24, 2.45) is 0 Å². The molecule has 0 spiro atoms. The zero-order chi connectivity index (χ0) is 19.4. The standard InChI is InChI=1S/C19H28N2O5S.ClH/c1-3-11-21(15-7-9-20-10-8-15)27(23,24)16-5-6-17-14(12-16)13-18(26-17)19(22)25-4-2;/h5-6,12,15,18,20H,3-4,7-11,13H2,1-2H3;1H. The molecule has 0 saturated carbocycles. The number of carbonyl (C=O) groups is 1. The van der Waals surface area contributed by atoms with E-state index in [1.165, 1.54) is 0 Å². The third-order valence-electron chi connectivity index (χ3n) is 5.02. The number of hydrogen-bond donors (Lipinski definition) is 1. The Hall–Kier alpha value is -1.35. The second-order valence-electron chi connectivity index (χ2n) is 6.93. The smallest absolute Gasteiger partial charge is 0.347 e. The van der Waals surface area contributed by atoms with E-state index in [0.717, 1.165) is 37.9 Å². The number of sulfonamides is 1. The third-order valence-corrected chi connectivity index (χ3v) is 6.97. The van der Waals surface area contributed by atoms with Gasteiger partial charge in [0, 0.05) is 19.0 Å². The lowest BCUT2D eigenvalue weighted by molar-refractivity contribution is -0.150. The van der Waals surface area contributed by atoms with Crippen LogP contribution in [-0.2, 0) is 26.0 Å². The molecule has 1 aromatic rings. The van der Waals surface area contributed by atoms with E-state index in [4.69, 9.17) is 9.47 Å². The van der Waals surface area contributed by atoms with Crippen LogP contribution >= 0.6 is 12.4 Å². The van der Waals surface area contributed by atoms with Crippen LogP contribution in [-0.4, -0.2) is 57.1 Å². The number of nitrogens with zero attached hydrogens (tertiary/aromatic N) is 1. The van der Waals surface area contributed by atoms with E-state index in [9.17, 15) is 13.2 Å². The molecule has 9 heteroatoms. The van der Waals surface area contributed by atoms with Crippen molar-refractivity contribution >= 4 is 28.4 Å². The Morgan fingerprint density at radius 1 is 1.29 bits per heavy atom. The van der Waals surface area contributed by atoms with E-state index >= 15 is 0 Å². The molecule has 3 rings (SSSR count). The van der Waals surface area contributed by atoms with Crippen molar-refractivity contribution in [1.82, 2.24) is 9.62 Å². The molecule has 1 saturated heterocycles. The van der Waals surface area contributed by atoms with E-state index < -0.39 is 22.1 Å². The Bertz CT molecular complexity index is 781. The van der Waals surface area contributed by atoms with Gasteiger partial charge in [-0.15, -0.1) is 12.4 Å². The van der Waals surface area contributed by atoms with Gasteiger partial charge >= 0.3 is 5.97 Å². The van der Waals surface area contributed by atoms with E-state index in [2.05, 4.69) is 5.32 Å². The molecule has 28 heavy (non-hydrogen) atoms. The number of hydrogen-bond acceptors (Lipinski definition) is 6. The highest BCUT2D eigenvalue weighted by Crippen LogP contribution is 2.33. The fraction of sp³-hybridized carbons (Fsp3) is 0.632. The quantitative estimate of drug-likeness (QED) is 0.664. The number of nitrogens with one attached hydrogen (secondary N) is 1. The molecule has 0 amide bonds. The van der Waals surface area contributed by atoms with Crippen molar-refractivity contribution < 1.29 is 22.7 Å². The number of halogens is 1. The van der Waals surface area contributed by atoms with E-state index in [1.807, 2.05) is 6.92 Å². The largest absolute Gasteiger partial charge is 0.478 e. The first-order chi connectivity index (χ1) is 13.0. The van der Waals surface area contributed by atoms with Crippen LogP contribution in [0.2, 0.25) is 0 Å². The lowest BCUT2D eigenvalue weighted by atomic mass is 10.1. The molecular formula is C19H29ClN2O5S. The fourth-order valence-electron chi connectivity index (χ4n) is 3.70. The highest BCUT2D eigenvalue weighted by molar-refractivity contribution is 7.89. The molecule has 0 aliphatic carbocycles. The molecule has 1 unspecified atom stereocenters. The Kier molecular flexibility index (Phi) is 8.12. The zero-order valence-corrected chi connectivity index (χ0v) is 18.0. The molecule has 0 radical (unpaired) electrons. The molecule has 158 valence electrons. The average Bonchev–Trinajstić information content (AvgIpc) is 3.10. The maximum absolute atomic E-state index is 13.3. The Morgan fingerprint density at radius 2 is 2.00 bits per heavy atom. The number of benzene rings is 1. The van der Waals surface area contributed by atoms with Gasteiger partial charge in [-0.2, -0.15) is 4.31 Å². The summed E-state index contributed by atoms with van der Waals surface area (Å²) in [4.78, 5) is 12.2. The highest BCUT2D eigenvalue weighted by Gasteiger charge is 2.35. The van der Waals surface area contributed by atoms with Crippen molar-refractivity contribution in [3.8, 4) is 5.75 Å². The summed E-state index contributed by atoms with van der Waals surface area (Å²) in [5.74, 6) is 0.135. The van der Waals surface area contributed by atoms with Crippen molar-refractivity contribution in [3.63, 3.8) is 0 Å². The topological polar surface area (TPSA) is 84.9 Å². The summed E-state index contributed by atoms with van der Waals surface area (Å²) in [6, 6.07) is 4.89. The van der Waals surface area contributed by atoms with Crippen LogP contribution in [0, 0.1) is 0 Å². The molecule has 2 aliphatic heterocycles. The number of carbonyl (C=O) groups excluding carboxylic acids is 1. The van der Waals surface area contributed by atoms with Crippen LogP contribution in [0.25, 0.3) is 0 Å². The number of fused-ring (bicyclic) bond motifs is 1. The second kappa shape index (κ2) is 9.91. The average molecular weight is 433 g/mol. The maximum atomic E-state index is 13.3. The molecule has 0 bridgehead atoms. The maximum Gasteiger partial charge on any atom is 0.347 e. The monoisotopic (exact) mass is 432 g/mol. The molecule has 2 aliphatic rings. The minimum Gasteiger partial charge on any atom is -0.478 e. The van der Waals surface area contributed by atoms with Crippen molar-refractivity contribution in [3.05, 3.63) is 23.8 Å². The fourth-order valence-corrected chi connectivity index (χ4v) is 5.53. The zero-order valence-electron chi connectivity index (χ0n) is 16.3. The van der Waals surface area contributed by atoms with Crippen LogP contribution < -0.4 is 10.1 Å². The van der Waals surface area contributed by atoms with Gasteiger partial charge in [0.1, 0.15) is 5.75 Å². The normalized spacial score (nSPS) is 19.6. The minimum atomic E-state index is -3.60. The molecule has 1 atom stereocenters. The van der Waals surface area contributed by atoms with Crippen molar-refractivity contribution in [1.29, 1.82) is 0 Å². The summed E-state index contributed by atoms with van der Waals surface area (Å²) >= 11 is 0. The number of rotatable bonds is 7. The van der Waals surface area contributed by atoms with Gasteiger partial charge in [-0.25, -0.2) is 13.2 Å². The first kappa shape index (κ1) is 22.9. The second-order valence-corrected chi connectivity index (χ2v) is 8.82. The van der Waals surface area contributed by atoms with Crippen LogP contribution in [0.1, 0.15) is 38.7 Å². The predicted molar refractivity (Wildman–Crippen MR) is 109 cm³/mol. The Labute approximate surface area is 173 Å². The number of esters is 1. The third kappa shape index (κ3) is 4.79. The summed E-state index contributed by atoms with van der Waals surface area (Å²) in [6.07, 6.45) is 2.03. The van der Waals surface area contributed by atoms with Crippen molar-refractivity contribution in [2.45, 2.75) is 56.6 Å². The van der Waals surface area contributed by atoms with Crippen molar-refractivity contribution in [2.75, 3.05) is 26.2 Å². The Balaban J connectivity index is 0.00000280. The molecule has 7 nitrogen and oxygen atoms in total. The summed E-state index contributed by atoms with van der Waals surface area (Å²) in [5, 5.41) is 3.28. The summed E-state index contributed by atoms with van der Waals surface area (Å²) < 4.78 is 38.9. The van der Waals surface area contributed by atoms with Gasteiger partial charge in [-0.05, 0) is 63.0 Å². The van der Waals surface area contributed by atoms with Gasteiger partial charge in [-0.3, -0.25) is 0 Å². The van der Waals surface area contributed by atoms with Crippen LogP contribution in [0.5, 0.6) is 5.75 Å². The Morgan fingerprint density at radius 3 is 2.64 bits per heavy atom. The first-order valence-corrected chi connectivity index (χ1v) is 11.1. The van der Waals surface area contributed by atoms with Gasteiger partial charge in [0.15, 0.2) is 6.10 Å². The van der Waals surface area contributed by atoms with Gasteiger partial charge in [0.05, 0.1) is 11.5 Å². The highest BCUT2D eigenvalue weighted by atomic mass is 35.5. The summed E-state index contributed by atoms with van der Waals surface area (Å²) in [6.45, 7) is 6.19. The van der Waals surface area contributed by atoms with Crippen LogP contribution in [0.15, 0.2) is 23.1 Å². The summed E-state index contributed by atoms with van der Waals surface area (Å²) in [5.41, 5.74) is 0.732. The van der Waals surface area contributed by atoms with E-state index in [1.54, 1.807) is 29.4 Å². The van der Waals surface area contributed by atoms with Gasteiger partial charge in [0.2, 0.25) is 10.0 Å².